The Bertz CT molecular complexity index is 1160. The monoisotopic (exact) mass is 442 g/mol. The van der Waals surface area contributed by atoms with Gasteiger partial charge in [-0.05, 0) is 35.7 Å². The van der Waals surface area contributed by atoms with Crippen LogP contribution < -0.4 is 16.1 Å². The van der Waals surface area contributed by atoms with Gasteiger partial charge in [0.2, 0.25) is 17.7 Å². The van der Waals surface area contributed by atoms with Crippen molar-refractivity contribution in [3.8, 4) is 11.1 Å². The number of anilines is 2. The molecule has 0 atom stereocenters. The van der Waals surface area contributed by atoms with E-state index >= 15 is 0 Å². The summed E-state index contributed by atoms with van der Waals surface area (Å²) in [6.45, 7) is 3.06. The molecule has 3 aromatic rings. The zero-order valence-electron chi connectivity index (χ0n) is 18.6. The summed E-state index contributed by atoms with van der Waals surface area (Å²) in [5.74, 6) is -0.801. The van der Waals surface area contributed by atoms with Crippen LogP contribution in [0.2, 0.25) is 0 Å². The van der Waals surface area contributed by atoms with Crippen molar-refractivity contribution < 1.29 is 14.4 Å². The number of benzene rings is 3. The molecule has 0 unspecified atom stereocenters. The average Bonchev–Trinajstić information content (AvgIpc) is 2.80. The Kier molecular flexibility index (Phi) is 8.07. The van der Waals surface area contributed by atoms with Gasteiger partial charge in [-0.3, -0.25) is 14.4 Å². The number of carbonyl (C=O) groups excluding carboxylic acids is 3. The molecule has 0 saturated heterocycles. The molecule has 7 nitrogen and oxygen atoms in total. The van der Waals surface area contributed by atoms with E-state index in [0.717, 1.165) is 16.7 Å². The molecule has 0 aliphatic rings. The number of rotatable bonds is 8. The van der Waals surface area contributed by atoms with Crippen LogP contribution in [0.4, 0.5) is 11.4 Å². The first kappa shape index (κ1) is 23.4. The van der Waals surface area contributed by atoms with Crippen molar-refractivity contribution in [3.05, 3.63) is 84.4 Å². The molecule has 0 aromatic heterocycles. The Morgan fingerprint density at radius 3 is 1.91 bits per heavy atom. The Balaban J connectivity index is 1.50. The molecule has 0 heterocycles. The highest BCUT2D eigenvalue weighted by atomic mass is 16.2. The molecule has 0 aliphatic carbocycles. The summed E-state index contributed by atoms with van der Waals surface area (Å²) in [6, 6.07) is 24.7. The van der Waals surface area contributed by atoms with Crippen LogP contribution in [0.15, 0.2) is 84.0 Å². The number of amides is 3. The molecule has 3 N–H and O–H groups in total. The Morgan fingerprint density at radius 1 is 0.697 bits per heavy atom. The summed E-state index contributed by atoms with van der Waals surface area (Å²) < 4.78 is 0. The van der Waals surface area contributed by atoms with Gasteiger partial charge in [0.15, 0.2) is 0 Å². The lowest BCUT2D eigenvalue weighted by molar-refractivity contribution is -0.120. The minimum absolute atomic E-state index is 0.000455. The minimum atomic E-state index is -0.306. The van der Waals surface area contributed by atoms with Gasteiger partial charge in [0.1, 0.15) is 0 Å². The molecule has 0 spiro atoms. The highest BCUT2D eigenvalue weighted by Crippen LogP contribution is 2.21. The predicted octanol–water partition coefficient (Wildman–Crippen LogP) is 4.38. The van der Waals surface area contributed by atoms with E-state index in [2.05, 4.69) is 21.2 Å². The van der Waals surface area contributed by atoms with Gasteiger partial charge in [-0.15, -0.1) is 0 Å². The lowest BCUT2D eigenvalue weighted by Gasteiger charge is -2.11. The molecule has 0 bridgehead atoms. The molecule has 168 valence electrons. The summed E-state index contributed by atoms with van der Waals surface area (Å²) >= 11 is 0. The largest absolute Gasteiger partial charge is 0.325 e. The molecular formula is C26H26N4O3. The Morgan fingerprint density at radius 2 is 1.27 bits per heavy atom. The van der Waals surface area contributed by atoms with Gasteiger partial charge < -0.3 is 10.6 Å². The number of para-hydroxylation sites is 2. The Hall–Kier alpha value is -4.26. The fourth-order valence-corrected chi connectivity index (χ4v) is 3.19. The maximum Gasteiger partial charge on any atom is 0.244 e. The smallest absolute Gasteiger partial charge is 0.244 e. The Labute approximate surface area is 192 Å². The summed E-state index contributed by atoms with van der Waals surface area (Å²) in [5.41, 5.74) is 7.03. The standard InChI is InChI=1S/C26H26N4O3/c1-18(16-25(32)28-24-11-7-6-10-23(24)27-19(2)31)29-30-26(33)17-20-12-14-22(15-13-20)21-8-4-3-5-9-21/h3-15H,16-17H2,1-2H3,(H,27,31)(H,28,32)(H,30,33)/b29-18+. The molecule has 0 saturated carbocycles. The van der Waals surface area contributed by atoms with Crippen LogP contribution in [0.25, 0.3) is 11.1 Å². The molecule has 33 heavy (non-hydrogen) atoms. The summed E-state index contributed by atoms with van der Waals surface area (Å²) in [7, 11) is 0. The second kappa shape index (κ2) is 11.4. The van der Waals surface area contributed by atoms with Crippen molar-refractivity contribution in [2.24, 2.45) is 5.10 Å². The highest BCUT2D eigenvalue weighted by Gasteiger charge is 2.10. The average molecular weight is 443 g/mol. The fraction of sp³-hybridized carbons (Fsp3) is 0.154. The van der Waals surface area contributed by atoms with Crippen LogP contribution in [0.1, 0.15) is 25.8 Å². The van der Waals surface area contributed by atoms with Crippen LogP contribution in [0.5, 0.6) is 0 Å². The van der Waals surface area contributed by atoms with Crippen LogP contribution in [0.3, 0.4) is 0 Å². The van der Waals surface area contributed by atoms with Crippen molar-refractivity contribution in [1.82, 2.24) is 5.43 Å². The lowest BCUT2D eigenvalue weighted by Crippen LogP contribution is -2.23. The van der Waals surface area contributed by atoms with Gasteiger partial charge in [-0.25, -0.2) is 5.43 Å². The highest BCUT2D eigenvalue weighted by molar-refractivity contribution is 6.07. The van der Waals surface area contributed by atoms with Crippen LogP contribution in [-0.2, 0) is 20.8 Å². The van der Waals surface area contributed by atoms with Gasteiger partial charge in [0.25, 0.3) is 0 Å². The fourth-order valence-electron chi connectivity index (χ4n) is 3.19. The quantitative estimate of drug-likeness (QED) is 0.357. The second-order valence-electron chi connectivity index (χ2n) is 7.57. The van der Waals surface area contributed by atoms with Gasteiger partial charge >= 0.3 is 0 Å². The van der Waals surface area contributed by atoms with Crippen molar-refractivity contribution in [1.29, 1.82) is 0 Å². The number of hydrogen-bond donors (Lipinski definition) is 3. The van der Waals surface area contributed by atoms with E-state index in [1.165, 1.54) is 6.92 Å². The normalized spacial score (nSPS) is 10.9. The first-order chi connectivity index (χ1) is 15.9. The number of hydrogen-bond acceptors (Lipinski definition) is 4. The van der Waals surface area contributed by atoms with Crippen LogP contribution in [-0.4, -0.2) is 23.4 Å². The molecule has 0 fully saturated rings. The first-order valence-corrected chi connectivity index (χ1v) is 10.5. The molecule has 3 rings (SSSR count). The third-order valence-electron chi connectivity index (χ3n) is 4.73. The van der Waals surface area contributed by atoms with E-state index in [4.69, 9.17) is 0 Å². The van der Waals surface area contributed by atoms with E-state index in [9.17, 15) is 14.4 Å². The van der Waals surface area contributed by atoms with Crippen molar-refractivity contribution in [2.75, 3.05) is 10.6 Å². The first-order valence-electron chi connectivity index (χ1n) is 10.5. The summed E-state index contributed by atoms with van der Waals surface area (Å²) in [6.07, 6.45) is 0.183. The number of nitrogens with one attached hydrogen (secondary N) is 3. The minimum Gasteiger partial charge on any atom is -0.325 e. The third kappa shape index (κ3) is 7.43. The summed E-state index contributed by atoms with van der Waals surface area (Å²) in [4.78, 5) is 35.9. The van der Waals surface area contributed by atoms with E-state index < -0.39 is 0 Å². The van der Waals surface area contributed by atoms with Gasteiger partial charge in [0, 0.05) is 12.6 Å². The van der Waals surface area contributed by atoms with E-state index in [1.54, 1.807) is 31.2 Å². The molecule has 3 amide bonds. The van der Waals surface area contributed by atoms with E-state index in [1.807, 2.05) is 54.6 Å². The molecule has 7 heteroatoms. The van der Waals surface area contributed by atoms with E-state index in [-0.39, 0.29) is 30.6 Å². The predicted molar refractivity (Wildman–Crippen MR) is 131 cm³/mol. The van der Waals surface area contributed by atoms with E-state index in [0.29, 0.717) is 17.1 Å². The zero-order valence-corrected chi connectivity index (χ0v) is 18.6. The molecular weight excluding hydrogens is 416 g/mol. The van der Waals surface area contributed by atoms with Crippen molar-refractivity contribution >= 4 is 34.8 Å². The van der Waals surface area contributed by atoms with Crippen LogP contribution in [0, 0.1) is 0 Å². The SMILES string of the molecule is CC(=O)Nc1ccccc1NC(=O)C/C(C)=N/NC(=O)Cc1ccc(-c2ccccc2)cc1. The number of hydrazone groups is 1. The zero-order chi connectivity index (χ0) is 23.6. The van der Waals surface area contributed by atoms with Crippen LogP contribution >= 0.6 is 0 Å². The molecule has 0 aliphatic heterocycles. The molecule has 3 aromatic carbocycles. The van der Waals surface area contributed by atoms with Gasteiger partial charge in [-0.2, -0.15) is 5.10 Å². The van der Waals surface area contributed by atoms with Gasteiger partial charge in [-0.1, -0.05) is 66.7 Å². The maximum absolute atomic E-state index is 12.3. The third-order valence-corrected chi connectivity index (χ3v) is 4.73. The topological polar surface area (TPSA) is 99.7 Å². The molecule has 0 radical (unpaired) electrons. The van der Waals surface area contributed by atoms with Crippen molar-refractivity contribution in [3.63, 3.8) is 0 Å². The van der Waals surface area contributed by atoms with Crippen molar-refractivity contribution in [2.45, 2.75) is 26.7 Å². The maximum atomic E-state index is 12.3. The summed E-state index contributed by atoms with van der Waals surface area (Å²) in [5, 5.41) is 9.44. The lowest BCUT2D eigenvalue weighted by atomic mass is 10.0. The number of nitrogens with zero attached hydrogens (tertiary/aromatic N) is 1. The second-order valence-corrected chi connectivity index (χ2v) is 7.57. The van der Waals surface area contributed by atoms with Gasteiger partial charge in [0.05, 0.1) is 24.2 Å². The number of carbonyl (C=O) groups is 3.